The topological polar surface area (TPSA) is 43.5 Å². The van der Waals surface area contributed by atoms with Gasteiger partial charge in [-0.1, -0.05) is 113 Å². The van der Waals surface area contributed by atoms with E-state index < -0.39 is 11.7 Å². The number of aryl methyl sites for hydroxylation is 2. The second-order valence-corrected chi connectivity index (χ2v) is 25.3. The number of phenols is 2. The predicted molar refractivity (Wildman–Crippen MR) is 278 cm³/mol. The normalized spacial score (nSPS) is 28.7. The van der Waals surface area contributed by atoms with Crippen molar-refractivity contribution >= 4 is 12.4 Å². The van der Waals surface area contributed by atoms with Crippen molar-refractivity contribution < 1.29 is 54.2 Å². The van der Waals surface area contributed by atoms with Crippen LogP contribution in [-0.4, -0.2) is 27.7 Å². The van der Waals surface area contributed by atoms with Gasteiger partial charge in [0.1, 0.15) is 17.5 Å². The summed E-state index contributed by atoms with van der Waals surface area (Å²) >= 11 is 0. The van der Waals surface area contributed by atoms with E-state index in [1.165, 1.54) is 50.7 Å². The molecule has 0 aromatic heterocycles. The molecule has 2 N–H and O–H groups in total. The molecule has 70 heavy (non-hydrogen) atoms. The first-order chi connectivity index (χ1) is 31.5. The van der Waals surface area contributed by atoms with Crippen LogP contribution in [0.5, 0.6) is 11.5 Å². The zero-order chi connectivity index (χ0) is 47.3. The van der Waals surface area contributed by atoms with E-state index in [0.29, 0.717) is 80.6 Å². The van der Waals surface area contributed by atoms with Crippen molar-refractivity contribution in [1.29, 1.82) is 0 Å². The Kier molecular flexibility index (Phi) is 13.5. The molecule has 3 nitrogen and oxygen atoms in total. The molecular weight excluding hydrogens is 951 g/mol. The van der Waals surface area contributed by atoms with Gasteiger partial charge in [-0.05, 0) is 194 Å². The summed E-state index contributed by atoms with van der Waals surface area (Å²) in [6.45, 7) is 21.7. The minimum absolute atomic E-state index is 0. The minimum Gasteiger partial charge on any atom is -0.508 e. The van der Waals surface area contributed by atoms with Crippen LogP contribution in [0.25, 0.3) is 28.0 Å². The minimum atomic E-state index is -4.67. The number of rotatable bonds is 6. The van der Waals surface area contributed by atoms with Gasteiger partial charge in [-0.25, -0.2) is 4.58 Å². The van der Waals surface area contributed by atoms with Gasteiger partial charge in [0.05, 0.1) is 6.72 Å². The number of alkyl halides is 3. The first kappa shape index (κ1) is 52.5. The summed E-state index contributed by atoms with van der Waals surface area (Å²) in [5.74, 6) is 4.54. The van der Waals surface area contributed by atoms with Gasteiger partial charge in [0, 0.05) is 27.8 Å². The van der Waals surface area contributed by atoms with E-state index in [1.807, 2.05) is 50.2 Å². The van der Waals surface area contributed by atoms with Gasteiger partial charge in [-0.15, -0.1) is 0 Å². The molecule has 1 aliphatic heterocycles. The Hall–Kier alpha value is -3.83. The number of nitrogens with zero attached hydrogens (tertiary/aromatic N) is 1. The molecule has 1 heterocycles. The van der Waals surface area contributed by atoms with E-state index in [-0.39, 0.29) is 74.2 Å². The van der Waals surface area contributed by atoms with Crippen LogP contribution in [-0.2, 0) is 47.9 Å². The summed E-state index contributed by atoms with van der Waals surface area (Å²) in [7, 11) is 0. The number of allylic oxidation sites excluding steroid dienone is 2. The van der Waals surface area contributed by atoms with Crippen LogP contribution in [0.15, 0.2) is 78.4 Å². The number of benzene rings is 4. The van der Waals surface area contributed by atoms with Gasteiger partial charge in [0.25, 0.3) is 0 Å². The second-order valence-electron chi connectivity index (χ2n) is 25.3. The van der Waals surface area contributed by atoms with Crippen molar-refractivity contribution in [3.63, 3.8) is 0 Å². The van der Waals surface area contributed by atoms with Crippen LogP contribution in [0.1, 0.15) is 163 Å². The molecule has 0 saturated heterocycles. The van der Waals surface area contributed by atoms with Crippen molar-refractivity contribution in [1.82, 2.24) is 0 Å². The number of aromatic hydroxyl groups is 2. The molecule has 4 aromatic carbocycles. The molecule has 370 valence electrons. The number of hydrogen-bond donors (Lipinski definition) is 2. The van der Waals surface area contributed by atoms with Crippen LogP contribution in [0.2, 0.25) is 0 Å². The number of phenolic OH excluding ortho intramolecular Hbond substituents is 2. The Labute approximate surface area is 437 Å². The van der Waals surface area contributed by atoms with Gasteiger partial charge in [-0.2, -0.15) is 13.2 Å². The third-order valence-electron chi connectivity index (χ3n) is 18.1. The van der Waals surface area contributed by atoms with E-state index in [4.69, 9.17) is 0 Å². The number of hydrogen-bond acceptors (Lipinski definition) is 2. The summed E-state index contributed by atoms with van der Waals surface area (Å²) in [5.41, 5.74) is 8.70. The van der Waals surface area contributed by atoms with Crippen molar-refractivity contribution in [3.8, 4) is 33.8 Å². The zero-order valence-corrected chi connectivity index (χ0v) is 46.0. The van der Waals surface area contributed by atoms with Crippen LogP contribution in [0.4, 0.5) is 13.2 Å². The first-order valence-corrected chi connectivity index (χ1v) is 25.4. The summed E-state index contributed by atoms with van der Waals surface area (Å²) in [6, 6.07) is 20.9. The molecule has 8 bridgehead atoms. The molecule has 0 radical (unpaired) electrons. The zero-order valence-electron chi connectivity index (χ0n) is 43.6. The Morgan fingerprint density at radius 2 is 0.943 bits per heavy atom. The Morgan fingerprint density at radius 1 is 0.557 bits per heavy atom. The molecule has 0 spiro atoms. The quantitative estimate of drug-likeness (QED) is 0.149. The maximum absolute atomic E-state index is 15.5. The third-order valence-corrected chi connectivity index (χ3v) is 18.1. The first-order valence-electron chi connectivity index (χ1n) is 25.4. The Bertz CT molecular complexity index is 2720. The molecule has 8 fully saturated rings. The molecule has 0 atom stereocenters. The fourth-order valence-corrected chi connectivity index (χ4v) is 15.7. The van der Waals surface area contributed by atoms with Crippen molar-refractivity contribution in [3.05, 3.63) is 144 Å². The van der Waals surface area contributed by atoms with E-state index in [0.717, 1.165) is 71.9 Å². The summed E-state index contributed by atoms with van der Waals surface area (Å²) in [5, 5.41) is 25.6. The fraction of sp³-hybridized carbons (Fsp3) is 0.492. The van der Waals surface area contributed by atoms with Crippen LogP contribution < -0.4 is 0 Å². The smallest absolute Gasteiger partial charge is 0.508 e. The average Bonchev–Trinajstić information content (AvgIpc) is 3.22. The monoisotopic (exact) mass is 1030 g/mol. The maximum Gasteiger partial charge on any atom is 2.00 e. The second kappa shape index (κ2) is 18.0. The molecule has 9 aliphatic rings. The van der Waals surface area contributed by atoms with Crippen molar-refractivity contribution in [2.75, 3.05) is 0 Å². The summed E-state index contributed by atoms with van der Waals surface area (Å²) in [6.07, 6.45) is 11.9. The van der Waals surface area contributed by atoms with Crippen LogP contribution >= 0.6 is 0 Å². The fourth-order valence-electron chi connectivity index (χ4n) is 15.7. The average molecular weight is 1030 g/mol. The number of halogens is 3. The van der Waals surface area contributed by atoms with Gasteiger partial charge in [-0.3, -0.25) is 0 Å². The standard InChI is InChI=1S/C61H70F3NO2.2CH3.Zr/c1-34-10-12-45(49-22-42(57(3,4)5)24-51(55(49)66)59-28-36-16-37(29-59)18-38(17-36)30-59)47(14-34)53-26-44(61(62,63)64)27-54(65(53)9)48-15-35(2)11-13-46(48)50-23-43(58(6,7)8)25-52(56(50)67)60-31-39-19-40(32-60)21-41(20-39)33-60;;;/h10-15,22-27,36-41,66-67H,9,16-21,28-33H2,1-8H3;2*1H3;/q;2*-1;+2. The molecular formula is C63H76F3NO2Zr. The Morgan fingerprint density at radius 3 is 1.34 bits per heavy atom. The molecule has 0 unspecified atom stereocenters. The summed E-state index contributed by atoms with van der Waals surface area (Å²) < 4.78 is 48.3. The third kappa shape index (κ3) is 8.84. The van der Waals surface area contributed by atoms with Crippen LogP contribution in [0.3, 0.4) is 0 Å². The van der Waals surface area contributed by atoms with E-state index in [9.17, 15) is 10.2 Å². The molecule has 8 saturated carbocycles. The van der Waals surface area contributed by atoms with Crippen molar-refractivity contribution in [2.24, 2.45) is 35.5 Å². The molecule has 0 amide bonds. The molecule has 4 aromatic rings. The van der Waals surface area contributed by atoms with E-state index in [2.05, 4.69) is 72.5 Å². The van der Waals surface area contributed by atoms with Gasteiger partial charge >= 0.3 is 32.4 Å². The largest absolute Gasteiger partial charge is 2.00 e. The summed E-state index contributed by atoms with van der Waals surface area (Å²) in [4.78, 5) is 0. The van der Waals surface area contributed by atoms with Crippen molar-refractivity contribution in [2.45, 2.75) is 160 Å². The van der Waals surface area contributed by atoms with Gasteiger partial charge in [0.15, 0.2) is 5.70 Å². The molecule has 7 heteroatoms. The van der Waals surface area contributed by atoms with E-state index >= 15 is 13.2 Å². The van der Waals surface area contributed by atoms with Gasteiger partial charge in [0.2, 0.25) is 0 Å². The Balaban J connectivity index is 0.00000220. The predicted octanol–water partition coefficient (Wildman–Crippen LogP) is 16.6. The van der Waals surface area contributed by atoms with Crippen LogP contribution in [0, 0.1) is 70.3 Å². The van der Waals surface area contributed by atoms with Gasteiger partial charge < -0.3 is 25.1 Å². The SMILES string of the molecule is C=[N+]1C(c2cc(C)ccc2-c2cc(C(C)(C)C)cc(C34CC5CC(CC(C5)C3)C4)c2O)=CC(C(F)(F)F)=C[C-]1c1cc(C)ccc1-c1cc(C(C)(C)C)cc(C23CC4CC(CC(C4)C2)C3)c1O.[CH3-].[CH3-].[Zr+2]. The van der Waals surface area contributed by atoms with E-state index in [1.54, 1.807) is 4.58 Å². The molecule has 8 aliphatic carbocycles. The maximum atomic E-state index is 15.5. The molecule has 13 rings (SSSR count).